The highest BCUT2D eigenvalue weighted by Crippen LogP contribution is 2.38. The fourth-order valence-corrected chi connectivity index (χ4v) is 3.47. The molecule has 0 fully saturated rings. The van der Waals surface area contributed by atoms with E-state index in [0.29, 0.717) is 12.8 Å². The number of nitrogens with zero attached hydrogens (tertiary/aromatic N) is 3. The van der Waals surface area contributed by atoms with Crippen LogP contribution in [0.4, 0.5) is 17.1 Å². The Morgan fingerprint density at radius 3 is 2.69 bits per heavy atom. The van der Waals surface area contributed by atoms with E-state index in [-0.39, 0.29) is 5.91 Å². The average Bonchev–Trinajstić information content (AvgIpc) is 3.27. The third-order valence-corrected chi connectivity index (χ3v) is 4.76. The molecule has 0 aliphatic carbocycles. The van der Waals surface area contributed by atoms with Gasteiger partial charge >= 0.3 is 0 Å². The van der Waals surface area contributed by atoms with E-state index in [1.54, 1.807) is 4.68 Å². The number of para-hydroxylation sites is 3. The van der Waals surface area contributed by atoms with E-state index in [4.69, 9.17) is 0 Å². The van der Waals surface area contributed by atoms with E-state index in [1.807, 2.05) is 37.6 Å². The minimum Gasteiger partial charge on any atom is -0.339 e. The highest BCUT2D eigenvalue weighted by molar-refractivity contribution is 5.95. The molecule has 1 aromatic heterocycles. The van der Waals surface area contributed by atoms with Gasteiger partial charge in [0.25, 0.3) is 0 Å². The van der Waals surface area contributed by atoms with Crippen molar-refractivity contribution in [2.45, 2.75) is 19.3 Å². The first kappa shape index (κ1) is 16.4. The number of anilines is 3. The van der Waals surface area contributed by atoms with Crippen LogP contribution in [0.3, 0.4) is 0 Å². The summed E-state index contributed by atoms with van der Waals surface area (Å²) in [4.78, 5) is 14.7. The molecule has 0 atom stereocenters. The Labute approximate surface area is 153 Å². The number of hydrogen-bond donors (Lipinski definition) is 1. The van der Waals surface area contributed by atoms with Crippen LogP contribution < -0.4 is 10.2 Å². The summed E-state index contributed by atoms with van der Waals surface area (Å²) >= 11 is 0. The highest BCUT2D eigenvalue weighted by atomic mass is 16.1. The van der Waals surface area contributed by atoms with Crippen molar-refractivity contribution in [3.8, 4) is 0 Å². The maximum atomic E-state index is 12.4. The molecule has 5 nitrogen and oxygen atoms in total. The standard InChI is InChI=1S/C21H22N4O/c1-24-15-16(14-22-24)10-11-21(26)23-18-7-3-5-9-20(18)25-13-12-17-6-2-4-8-19(17)25/h2-9,14-15H,10-13H2,1H3,(H,23,26). The Balaban J connectivity index is 1.49. The third-order valence-electron chi connectivity index (χ3n) is 4.76. The number of benzene rings is 2. The van der Waals surface area contributed by atoms with Gasteiger partial charge in [0.2, 0.25) is 5.91 Å². The minimum atomic E-state index is 0.0220. The number of aryl methyl sites for hydroxylation is 2. The normalized spacial score (nSPS) is 12.9. The molecule has 0 saturated carbocycles. The fourth-order valence-electron chi connectivity index (χ4n) is 3.47. The Morgan fingerprint density at radius 2 is 1.88 bits per heavy atom. The molecular weight excluding hydrogens is 324 g/mol. The number of hydrogen-bond acceptors (Lipinski definition) is 3. The molecule has 2 aromatic carbocycles. The number of carbonyl (C=O) groups is 1. The predicted molar refractivity (Wildman–Crippen MR) is 104 cm³/mol. The topological polar surface area (TPSA) is 50.2 Å². The van der Waals surface area contributed by atoms with Crippen LogP contribution in [0.5, 0.6) is 0 Å². The van der Waals surface area contributed by atoms with Crippen LogP contribution in [0, 0.1) is 0 Å². The average molecular weight is 346 g/mol. The van der Waals surface area contributed by atoms with Crippen molar-refractivity contribution in [2.24, 2.45) is 7.05 Å². The number of carbonyl (C=O) groups excluding carboxylic acids is 1. The van der Waals surface area contributed by atoms with Crippen molar-refractivity contribution in [3.05, 3.63) is 72.1 Å². The van der Waals surface area contributed by atoms with Crippen molar-refractivity contribution in [2.75, 3.05) is 16.8 Å². The summed E-state index contributed by atoms with van der Waals surface area (Å²) in [5.41, 5.74) is 5.56. The van der Waals surface area contributed by atoms with E-state index in [9.17, 15) is 4.79 Å². The second-order valence-corrected chi connectivity index (χ2v) is 6.62. The van der Waals surface area contributed by atoms with Crippen molar-refractivity contribution >= 4 is 23.0 Å². The summed E-state index contributed by atoms with van der Waals surface area (Å²) in [5, 5.41) is 7.23. The molecule has 0 saturated heterocycles. The minimum absolute atomic E-state index is 0.0220. The molecular formula is C21H22N4O. The van der Waals surface area contributed by atoms with E-state index in [2.05, 4.69) is 45.6 Å². The van der Waals surface area contributed by atoms with Gasteiger partial charge in [0.15, 0.2) is 0 Å². The SMILES string of the molecule is Cn1cc(CCC(=O)Nc2ccccc2N2CCc3ccccc32)cn1. The summed E-state index contributed by atoms with van der Waals surface area (Å²) in [6, 6.07) is 16.5. The smallest absolute Gasteiger partial charge is 0.224 e. The lowest BCUT2D eigenvalue weighted by Gasteiger charge is -2.23. The largest absolute Gasteiger partial charge is 0.339 e. The zero-order valence-corrected chi connectivity index (χ0v) is 14.9. The van der Waals surface area contributed by atoms with Crippen LogP contribution in [0.1, 0.15) is 17.5 Å². The van der Waals surface area contributed by atoms with Crippen LogP contribution >= 0.6 is 0 Å². The number of fused-ring (bicyclic) bond motifs is 1. The molecule has 1 aliphatic rings. The lowest BCUT2D eigenvalue weighted by molar-refractivity contribution is -0.116. The molecule has 3 aromatic rings. The summed E-state index contributed by atoms with van der Waals surface area (Å²) < 4.78 is 1.76. The summed E-state index contributed by atoms with van der Waals surface area (Å²) in [7, 11) is 1.88. The number of rotatable bonds is 5. The van der Waals surface area contributed by atoms with Gasteiger partial charge in [0.05, 0.1) is 17.6 Å². The molecule has 1 N–H and O–H groups in total. The van der Waals surface area contributed by atoms with E-state index in [0.717, 1.165) is 29.9 Å². The molecule has 26 heavy (non-hydrogen) atoms. The van der Waals surface area contributed by atoms with Gasteiger partial charge < -0.3 is 10.2 Å². The van der Waals surface area contributed by atoms with Crippen LogP contribution in [0.2, 0.25) is 0 Å². The summed E-state index contributed by atoms with van der Waals surface area (Å²) in [6.07, 6.45) is 5.91. The first-order chi connectivity index (χ1) is 12.7. The molecule has 0 radical (unpaired) electrons. The van der Waals surface area contributed by atoms with Crippen molar-refractivity contribution in [3.63, 3.8) is 0 Å². The summed E-state index contributed by atoms with van der Waals surface area (Å²) in [5.74, 6) is 0.0220. The Kier molecular flexibility index (Phi) is 4.44. The van der Waals surface area contributed by atoms with Crippen LogP contribution in [0.25, 0.3) is 0 Å². The van der Waals surface area contributed by atoms with Gasteiger partial charge in [-0.2, -0.15) is 5.10 Å². The third kappa shape index (κ3) is 3.33. The fraction of sp³-hybridized carbons (Fsp3) is 0.238. The van der Waals surface area contributed by atoms with Crippen molar-refractivity contribution in [1.82, 2.24) is 9.78 Å². The van der Waals surface area contributed by atoms with Gasteiger partial charge in [0.1, 0.15) is 0 Å². The molecule has 4 rings (SSSR count). The van der Waals surface area contributed by atoms with Crippen molar-refractivity contribution < 1.29 is 4.79 Å². The van der Waals surface area contributed by atoms with Crippen LogP contribution in [-0.2, 0) is 24.7 Å². The van der Waals surface area contributed by atoms with Crippen molar-refractivity contribution in [1.29, 1.82) is 0 Å². The van der Waals surface area contributed by atoms with Gasteiger partial charge in [0, 0.05) is 31.9 Å². The molecule has 0 spiro atoms. The molecule has 2 heterocycles. The van der Waals surface area contributed by atoms with Gasteiger partial charge in [-0.1, -0.05) is 30.3 Å². The monoisotopic (exact) mass is 346 g/mol. The molecule has 0 bridgehead atoms. The molecule has 0 unspecified atom stereocenters. The maximum absolute atomic E-state index is 12.4. The quantitative estimate of drug-likeness (QED) is 0.767. The molecule has 5 heteroatoms. The van der Waals surface area contributed by atoms with Gasteiger partial charge in [-0.25, -0.2) is 0 Å². The maximum Gasteiger partial charge on any atom is 0.224 e. The molecule has 132 valence electrons. The number of nitrogens with one attached hydrogen (secondary N) is 1. The molecule has 1 amide bonds. The second-order valence-electron chi connectivity index (χ2n) is 6.62. The van der Waals surface area contributed by atoms with E-state index < -0.39 is 0 Å². The Hall–Kier alpha value is -3.08. The first-order valence-corrected chi connectivity index (χ1v) is 8.92. The Morgan fingerprint density at radius 1 is 1.12 bits per heavy atom. The van der Waals surface area contributed by atoms with Gasteiger partial charge in [-0.15, -0.1) is 0 Å². The zero-order valence-electron chi connectivity index (χ0n) is 14.9. The van der Waals surface area contributed by atoms with Crippen LogP contribution in [0.15, 0.2) is 60.9 Å². The number of amides is 1. The van der Waals surface area contributed by atoms with E-state index >= 15 is 0 Å². The lowest BCUT2D eigenvalue weighted by Crippen LogP contribution is -2.18. The molecule has 1 aliphatic heterocycles. The number of aromatic nitrogens is 2. The lowest BCUT2D eigenvalue weighted by atomic mass is 10.1. The second kappa shape index (κ2) is 7.04. The highest BCUT2D eigenvalue weighted by Gasteiger charge is 2.22. The van der Waals surface area contributed by atoms with E-state index in [1.165, 1.54) is 11.3 Å². The summed E-state index contributed by atoms with van der Waals surface area (Å²) in [6.45, 7) is 0.932. The first-order valence-electron chi connectivity index (χ1n) is 8.92. The Bertz CT molecular complexity index is 931. The van der Waals surface area contributed by atoms with Gasteiger partial charge in [-0.3, -0.25) is 9.48 Å². The zero-order chi connectivity index (χ0) is 17.9. The predicted octanol–water partition coefficient (Wildman–Crippen LogP) is 3.69. The van der Waals surface area contributed by atoms with Crippen LogP contribution in [-0.4, -0.2) is 22.2 Å². The van der Waals surface area contributed by atoms with Gasteiger partial charge in [-0.05, 0) is 42.2 Å².